The Morgan fingerprint density at radius 2 is 1.81 bits per heavy atom. The molecule has 0 radical (unpaired) electrons. The summed E-state index contributed by atoms with van der Waals surface area (Å²) >= 11 is 8.09. The Kier molecular flexibility index (Phi) is 6.74. The molecule has 1 aromatic heterocycles. The van der Waals surface area contributed by atoms with E-state index in [-0.39, 0.29) is 11.4 Å². The van der Waals surface area contributed by atoms with E-state index in [0.29, 0.717) is 21.6 Å². The second-order valence-corrected chi connectivity index (χ2v) is 9.40. The van der Waals surface area contributed by atoms with E-state index < -0.39 is 17.1 Å². The number of thioether (sulfide) groups is 1. The SMILES string of the molecule is Cc1ccc(NC(=O)CN2C(=O)SC(=Cc3ccc(Sc4ccc(Cl)cc4)o3)C2=O)cc1. The average Bonchev–Trinajstić information content (AvgIpc) is 3.31. The van der Waals surface area contributed by atoms with Crippen molar-refractivity contribution in [1.82, 2.24) is 4.90 Å². The number of aryl methyl sites for hydroxylation is 1. The molecule has 4 rings (SSSR count). The normalized spacial score (nSPS) is 14.9. The van der Waals surface area contributed by atoms with Crippen LogP contribution in [0.1, 0.15) is 11.3 Å². The molecule has 1 aliphatic rings. The van der Waals surface area contributed by atoms with Gasteiger partial charge in [0, 0.05) is 21.7 Å². The first-order valence-electron chi connectivity index (χ1n) is 9.52. The number of nitrogens with zero attached hydrogens (tertiary/aromatic N) is 1. The maximum absolute atomic E-state index is 12.7. The molecule has 0 spiro atoms. The fourth-order valence-electron chi connectivity index (χ4n) is 2.83. The summed E-state index contributed by atoms with van der Waals surface area (Å²) in [5.41, 5.74) is 1.66. The zero-order chi connectivity index (χ0) is 22.7. The standard InChI is InChI=1S/C23H17ClN2O4S2/c1-14-2-6-16(7-3-14)25-20(27)13-26-22(28)19(32-23(26)29)12-17-8-11-21(30-17)31-18-9-4-15(24)5-10-18/h2-12H,13H2,1H3,(H,25,27). The maximum atomic E-state index is 12.7. The number of halogens is 1. The van der Waals surface area contributed by atoms with Crippen LogP contribution in [0.25, 0.3) is 6.08 Å². The molecule has 2 heterocycles. The van der Waals surface area contributed by atoms with Gasteiger partial charge < -0.3 is 9.73 Å². The van der Waals surface area contributed by atoms with Gasteiger partial charge in [-0.05, 0) is 67.2 Å². The number of imide groups is 1. The Morgan fingerprint density at radius 3 is 2.53 bits per heavy atom. The van der Waals surface area contributed by atoms with Gasteiger partial charge in [0.05, 0.1) is 4.91 Å². The zero-order valence-corrected chi connectivity index (χ0v) is 19.2. The van der Waals surface area contributed by atoms with Crippen molar-refractivity contribution in [3.63, 3.8) is 0 Å². The van der Waals surface area contributed by atoms with Gasteiger partial charge in [-0.15, -0.1) is 0 Å². The number of hydrogen-bond donors (Lipinski definition) is 1. The fraction of sp³-hybridized carbons (Fsp3) is 0.0870. The Labute approximate surface area is 198 Å². The lowest BCUT2D eigenvalue weighted by Gasteiger charge is -2.12. The van der Waals surface area contributed by atoms with Crippen LogP contribution < -0.4 is 5.32 Å². The fourth-order valence-corrected chi connectivity index (χ4v) is 4.55. The van der Waals surface area contributed by atoms with Crippen LogP contribution in [0.5, 0.6) is 0 Å². The molecular formula is C23H17ClN2O4S2. The quantitative estimate of drug-likeness (QED) is 0.428. The van der Waals surface area contributed by atoms with E-state index in [1.54, 1.807) is 36.4 Å². The molecule has 0 unspecified atom stereocenters. The second kappa shape index (κ2) is 9.68. The van der Waals surface area contributed by atoms with Gasteiger partial charge in [0.25, 0.3) is 11.1 Å². The number of hydrogen-bond acceptors (Lipinski definition) is 6. The number of carbonyl (C=O) groups is 3. The molecule has 0 bridgehead atoms. The van der Waals surface area contributed by atoms with Crippen molar-refractivity contribution in [2.24, 2.45) is 0 Å². The summed E-state index contributed by atoms with van der Waals surface area (Å²) < 4.78 is 5.75. The number of furan rings is 1. The minimum atomic E-state index is -0.526. The number of anilines is 1. The highest BCUT2D eigenvalue weighted by molar-refractivity contribution is 8.18. The maximum Gasteiger partial charge on any atom is 0.294 e. The van der Waals surface area contributed by atoms with Crippen LogP contribution >= 0.6 is 35.1 Å². The van der Waals surface area contributed by atoms with Crippen molar-refractivity contribution in [1.29, 1.82) is 0 Å². The third-order valence-electron chi connectivity index (χ3n) is 4.42. The van der Waals surface area contributed by atoms with Gasteiger partial charge in [-0.2, -0.15) is 0 Å². The van der Waals surface area contributed by atoms with Crippen LogP contribution in [0.15, 0.2) is 80.0 Å². The van der Waals surface area contributed by atoms with Crippen LogP contribution in [0.2, 0.25) is 5.02 Å². The number of benzene rings is 2. The van der Waals surface area contributed by atoms with Crippen molar-refractivity contribution < 1.29 is 18.8 Å². The van der Waals surface area contributed by atoms with E-state index in [4.69, 9.17) is 16.0 Å². The van der Waals surface area contributed by atoms with Gasteiger partial charge >= 0.3 is 0 Å². The van der Waals surface area contributed by atoms with Gasteiger partial charge in [-0.1, -0.05) is 41.1 Å². The number of nitrogens with one attached hydrogen (secondary N) is 1. The van der Waals surface area contributed by atoms with E-state index in [2.05, 4.69) is 5.32 Å². The molecule has 2 aromatic carbocycles. The van der Waals surface area contributed by atoms with Crippen LogP contribution in [0.4, 0.5) is 10.5 Å². The minimum absolute atomic E-state index is 0.204. The summed E-state index contributed by atoms with van der Waals surface area (Å²) in [6.45, 7) is 1.59. The third-order valence-corrected chi connectivity index (χ3v) is 6.51. The highest BCUT2D eigenvalue weighted by Gasteiger charge is 2.36. The highest BCUT2D eigenvalue weighted by Crippen LogP contribution is 2.34. The van der Waals surface area contributed by atoms with Gasteiger partial charge in [0.1, 0.15) is 12.3 Å². The number of amides is 3. The van der Waals surface area contributed by atoms with E-state index in [9.17, 15) is 14.4 Å². The Hall–Kier alpha value is -2.94. The van der Waals surface area contributed by atoms with Crippen molar-refractivity contribution in [2.75, 3.05) is 11.9 Å². The van der Waals surface area contributed by atoms with Crippen molar-refractivity contribution in [2.45, 2.75) is 16.9 Å². The molecule has 0 saturated carbocycles. The van der Waals surface area contributed by atoms with Crippen molar-refractivity contribution >= 4 is 63.9 Å². The molecule has 3 amide bonds. The molecule has 6 nitrogen and oxygen atoms in total. The molecule has 9 heteroatoms. The lowest BCUT2D eigenvalue weighted by atomic mass is 10.2. The minimum Gasteiger partial charge on any atom is -0.450 e. The predicted molar refractivity (Wildman–Crippen MR) is 127 cm³/mol. The Balaban J connectivity index is 1.39. The summed E-state index contributed by atoms with van der Waals surface area (Å²) in [6.07, 6.45) is 1.51. The molecule has 0 atom stereocenters. The van der Waals surface area contributed by atoms with E-state index in [1.165, 1.54) is 17.8 Å². The smallest absolute Gasteiger partial charge is 0.294 e. The topological polar surface area (TPSA) is 79.6 Å². The molecule has 1 N–H and O–H groups in total. The first kappa shape index (κ1) is 22.3. The molecule has 1 aliphatic heterocycles. The van der Waals surface area contributed by atoms with Gasteiger partial charge in [0.2, 0.25) is 5.91 Å². The van der Waals surface area contributed by atoms with Gasteiger partial charge in [-0.3, -0.25) is 19.3 Å². The second-order valence-electron chi connectivity index (χ2n) is 6.89. The van der Waals surface area contributed by atoms with Gasteiger partial charge in [-0.25, -0.2) is 0 Å². The number of carbonyl (C=O) groups excluding carboxylic acids is 3. The van der Waals surface area contributed by atoms with E-state index in [0.717, 1.165) is 27.1 Å². The van der Waals surface area contributed by atoms with Gasteiger partial charge in [0.15, 0.2) is 5.09 Å². The predicted octanol–water partition coefficient (Wildman–Crippen LogP) is 6.07. The molecule has 162 valence electrons. The van der Waals surface area contributed by atoms with Crippen LogP contribution in [-0.2, 0) is 9.59 Å². The van der Waals surface area contributed by atoms with E-state index >= 15 is 0 Å². The summed E-state index contributed by atoms with van der Waals surface area (Å²) in [4.78, 5) is 39.3. The van der Waals surface area contributed by atoms with E-state index in [1.807, 2.05) is 31.2 Å². The molecule has 1 fully saturated rings. The first-order chi connectivity index (χ1) is 15.4. The van der Waals surface area contributed by atoms with Crippen molar-refractivity contribution in [3.05, 3.63) is 81.9 Å². The molecule has 1 saturated heterocycles. The lowest BCUT2D eigenvalue weighted by molar-refractivity contribution is -0.127. The number of rotatable bonds is 6. The Morgan fingerprint density at radius 1 is 1.09 bits per heavy atom. The van der Waals surface area contributed by atoms with Crippen molar-refractivity contribution in [3.8, 4) is 0 Å². The average molecular weight is 485 g/mol. The monoisotopic (exact) mass is 484 g/mol. The summed E-state index contributed by atoms with van der Waals surface area (Å²) in [6, 6.07) is 18.1. The molecule has 0 aliphatic carbocycles. The lowest BCUT2D eigenvalue weighted by Crippen LogP contribution is -2.36. The highest BCUT2D eigenvalue weighted by atomic mass is 35.5. The Bertz CT molecular complexity index is 1200. The van der Waals surface area contributed by atoms with Crippen LogP contribution in [-0.4, -0.2) is 28.5 Å². The summed E-state index contributed by atoms with van der Waals surface area (Å²) in [7, 11) is 0. The summed E-state index contributed by atoms with van der Waals surface area (Å²) in [5, 5.41) is 3.48. The molecule has 3 aromatic rings. The van der Waals surface area contributed by atoms with Crippen LogP contribution in [0, 0.1) is 6.92 Å². The third kappa shape index (κ3) is 5.45. The molecular weight excluding hydrogens is 468 g/mol. The zero-order valence-electron chi connectivity index (χ0n) is 16.8. The van der Waals surface area contributed by atoms with Crippen LogP contribution in [0.3, 0.4) is 0 Å². The summed E-state index contributed by atoms with van der Waals surface area (Å²) in [5.74, 6) is -0.532. The largest absolute Gasteiger partial charge is 0.450 e. The molecule has 32 heavy (non-hydrogen) atoms. The first-order valence-corrected chi connectivity index (χ1v) is 11.5.